The topological polar surface area (TPSA) is 85.2 Å². The van der Waals surface area contributed by atoms with Gasteiger partial charge >= 0.3 is 5.97 Å². The van der Waals surface area contributed by atoms with Gasteiger partial charge in [-0.3, -0.25) is 0 Å². The van der Waals surface area contributed by atoms with Crippen LogP contribution in [0.1, 0.15) is 71.1 Å². The summed E-state index contributed by atoms with van der Waals surface area (Å²) < 4.78 is 16.1. The molecule has 3 unspecified atom stereocenters. The molecule has 6 nitrogen and oxygen atoms in total. The van der Waals surface area contributed by atoms with E-state index in [0.29, 0.717) is 0 Å². The molecule has 0 spiro atoms. The average molecular weight is 342 g/mol. The minimum atomic E-state index is -0.953. The first-order chi connectivity index (χ1) is 11.6. The average Bonchev–Trinajstić information content (AvgIpc) is 3.14. The largest absolute Gasteiger partial charge is 0.505 e. The Hall–Kier alpha value is -1.27. The summed E-state index contributed by atoms with van der Waals surface area (Å²) >= 11 is 0. The maximum atomic E-state index is 11.2. The van der Waals surface area contributed by atoms with Gasteiger partial charge in [-0.1, -0.05) is 58.3 Å². The van der Waals surface area contributed by atoms with Crippen LogP contribution < -0.4 is 0 Å². The third-order valence-corrected chi connectivity index (χ3v) is 4.59. The molecule has 0 radical (unpaired) electrons. The molecule has 24 heavy (non-hydrogen) atoms. The van der Waals surface area contributed by atoms with Crippen molar-refractivity contribution in [3.63, 3.8) is 0 Å². The number of aliphatic hydroxyl groups is 2. The first-order valence-corrected chi connectivity index (χ1v) is 9.23. The van der Waals surface area contributed by atoms with E-state index in [1.54, 1.807) is 0 Å². The molecular weight excluding hydrogens is 312 g/mol. The van der Waals surface area contributed by atoms with Gasteiger partial charge in [0.05, 0.1) is 6.61 Å². The quantitative estimate of drug-likeness (QED) is 0.437. The van der Waals surface area contributed by atoms with E-state index >= 15 is 0 Å². The second-order valence-electron chi connectivity index (χ2n) is 6.61. The Morgan fingerprint density at radius 2 is 1.62 bits per heavy atom. The number of rotatable bonds is 11. The highest BCUT2D eigenvalue weighted by atomic mass is 16.7. The van der Waals surface area contributed by atoms with Crippen molar-refractivity contribution in [3.8, 4) is 0 Å². The Morgan fingerprint density at radius 1 is 1.00 bits per heavy atom. The van der Waals surface area contributed by atoms with Crippen molar-refractivity contribution in [2.45, 2.75) is 89.6 Å². The summed E-state index contributed by atoms with van der Waals surface area (Å²) in [6, 6.07) is 0. The Balaban J connectivity index is 1.53. The maximum Gasteiger partial charge on any atom is 0.377 e. The molecule has 0 aromatic carbocycles. The van der Waals surface area contributed by atoms with Crippen molar-refractivity contribution in [3.05, 3.63) is 11.5 Å². The predicted molar refractivity (Wildman–Crippen MR) is 88.6 cm³/mol. The first-order valence-electron chi connectivity index (χ1n) is 9.23. The van der Waals surface area contributed by atoms with Crippen LogP contribution in [0.4, 0.5) is 0 Å². The van der Waals surface area contributed by atoms with Gasteiger partial charge < -0.3 is 24.4 Å². The fraction of sp³-hybridized carbons (Fsp3) is 0.833. The predicted octanol–water partition coefficient (Wildman–Crippen LogP) is 3.90. The van der Waals surface area contributed by atoms with Crippen LogP contribution in [0.2, 0.25) is 0 Å². The molecule has 2 heterocycles. The second kappa shape index (κ2) is 9.89. The van der Waals surface area contributed by atoms with Crippen LogP contribution in [0.5, 0.6) is 0 Å². The molecule has 138 valence electrons. The number of carbonyl (C=O) groups is 1. The van der Waals surface area contributed by atoms with Crippen LogP contribution in [0.25, 0.3) is 0 Å². The zero-order valence-electron chi connectivity index (χ0n) is 14.5. The zero-order chi connectivity index (χ0) is 17.4. The lowest BCUT2D eigenvalue weighted by Crippen LogP contribution is -2.31. The minimum Gasteiger partial charge on any atom is -0.505 e. The summed E-state index contributed by atoms with van der Waals surface area (Å²) in [4.78, 5) is 11.2. The number of cyclic esters (lactones) is 1. The summed E-state index contributed by atoms with van der Waals surface area (Å²) in [5.74, 6) is -2.10. The second-order valence-corrected chi connectivity index (χ2v) is 6.61. The number of hydrogen-bond donors (Lipinski definition) is 2. The molecule has 2 rings (SSSR count). The van der Waals surface area contributed by atoms with Gasteiger partial charge in [-0.15, -0.1) is 0 Å². The van der Waals surface area contributed by atoms with Crippen LogP contribution in [-0.4, -0.2) is 41.3 Å². The fourth-order valence-electron chi connectivity index (χ4n) is 3.13. The number of ether oxygens (including phenoxy) is 3. The van der Waals surface area contributed by atoms with Crippen molar-refractivity contribution >= 4 is 5.97 Å². The van der Waals surface area contributed by atoms with Gasteiger partial charge in [0.25, 0.3) is 0 Å². The van der Waals surface area contributed by atoms with E-state index in [1.807, 2.05) is 0 Å². The summed E-state index contributed by atoms with van der Waals surface area (Å²) in [6.07, 6.45) is 10.3. The molecule has 0 saturated carbocycles. The highest BCUT2D eigenvalue weighted by molar-refractivity contribution is 5.89. The lowest BCUT2D eigenvalue weighted by atomic mass is 10.1. The molecule has 2 N–H and O–H groups in total. The Labute approximate surface area is 143 Å². The summed E-state index contributed by atoms with van der Waals surface area (Å²) in [5.41, 5.74) is 0. The highest BCUT2D eigenvalue weighted by Crippen LogP contribution is 2.28. The smallest absolute Gasteiger partial charge is 0.377 e. The number of aliphatic hydroxyl groups excluding tert-OH is 2. The summed E-state index contributed by atoms with van der Waals surface area (Å²) in [7, 11) is 0. The van der Waals surface area contributed by atoms with E-state index in [4.69, 9.17) is 14.2 Å². The molecular formula is C18H30O6. The zero-order valence-corrected chi connectivity index (χ0v) is 14.5. The van der Waals surface area contributed by atoms with Crippen LogP contribution in [0.15, 0.2) is 11.5 Å². The lowest BCUT2D eigenvalue weighted by molar-refractivity contribution is -0.149. The molecule has 0 amide bonds. The Bertz CT molecular complexity index is 433. The lowest BCUT2D eigenvalue weighted by Gasteiger charge is -2.16. The van der Waals surface area contributed by atoms with Gasteiger partial charge in [0, 0.05) is 0 Å². The van der Waals surface area contributed by atoms with Gasteiger partial charge in [-0.25, -0.2) is 4.79 Å². The van der Waals surface area contributed by atoms with Gasteiger partial charge in [0.1, 0.15) is 6.10 Å². The van der Waals surface area contributed by atoms with E-state index in [9.17, 15) is 15.0 Å². The van der Waals surface area contributed by atoms with E-state index < -0.39 is 29.7 Å². The van der Waals surface area contributed by atoms with E-state index in [2.05, 4.69) is 6.92 Å². The maximum absolute atomic E-state index is 11.2. The first kappa shape index (κ1) is 19.1. The molecule has 6 heteroatoms. The number of carbonyl (C=O) groups excluding carboxylic acids is 1. The van der Waals surface area contributed by atoms with Crippen molar-refractivity contribution in [2.75, 3.05) is 6.61 Å². The van der Waals surface area contributed by atoms with Crippen molar-refractivity contribution in [2.24, 2.45) is 0 Å². The molecule has 1 saturated heterocycles. The van der Waals surface area contributed by atoms with E-state index in [0.717, 1.165) is 19.3 Å². The standard InChI is InChI=1S/C18H30O6/c1-2-3-4-5-6-7-8-9-10-11-14-22-12-13(23-14)17-15(19)16(20)18(21)24-17/h13-14,17,19-20H,2-12H2,1H3. The van der Waals surface area contributed by atoms with Gasteiger partial charge in [0.15, 0.2) is 18.2 Å². The van der Waals surface area contributed by atoms with E-state index in [-0.39, 0.29) is 12.9 Å². The van der Waals surface area contributed by atoms with Crippen LogP contribution in [0.3, 0.4) is 0 Å². The molecule has 0 bridgehead atoms. The molecule has 0 aromatic rings. The molecule has 3 atom stereocenters. The van der Waals surface area contributed by atoms with E-state index in [1.165, 1.54) is 44.9 Å². The van der Waals surface area contributed by atoms with Crippen molar-refractivity contribution in [1.82, 2.24) is 0 Å². The van der Waals surface area contributed by atoms with Crippen molar-refractivity contribution in [1.29, 1.82) is 0 Å². The summed E-state index contributed by atoms with van der Waals surface area (Å²) in [6.45, 7) is 2.48. The van der Waals surface area contributed by atoms with Crippen LogP contribution >= 0.6 is 0 Å². The molecule has 2 aliphatic rings. The highest BCUT2D eigenvalue weighted by Gasteiger charge is 2.44. The minimum absolute atomic E-state index is 0.247. The molecule has 1 fully saturated rings. The number of unbranched alkanes of at least 4 members (excludes halogenated alkanes) is 8. The van der Waals surface area contributed by atoms with Gasteiger partial charge in [0.2, 0.25) is 5.76 Å². The van der Waals surface area contributed by atoms with Gasteiger partial charge in [-0.05, 0) is 12.8 Å². The molecule has 0 aliphatic carbocycles. The third-order valence-electron chi connectivity index (χ3n) is 4.59. The summed E-state index contributed by atoms with van der Waals surface area (Å²) in [5, 5.41) is 19.0. The van der Waals surface area contributed by atoms with Crippen molar-refractivity contribution < 1.29 is 29.2 Å². The SMILES string of the molecule is CCCCCCCCCCCC1OCC(C2OC(=O)C(O)=C2O)O1. The Kier molecular flexibility index (Phi) is 7.85. The van der Waals surface area contributed by atoms with Crippen LogP contribution in [-0.2, 0) is 19.0 Å². The van der Waals surface area contributed by atoms with Crippen LogP contribution in [0, 0.1) is 0 Å². The molecule has 0 aromatic heterocycles. The Morgan fingerprint density at radius 3 is 2.21 bits per heavy atom. The monoisotopic (exact) mass is 342 g/mol. The third kappa shape index (κ3) is 5.38. The number of hydrogen-bond acceptors (Lipinski definition) is 6. The molecule has 2 aliphatic heterocycles. The number of esters is 1. The van der Waals surface area contributed by atoms with Gasteiger partial charge in [-0.2, -0.15) is 0 Å². The fourth-order valence-corrected chi connectivity index (χ4v) is 3.13. The normalized spacial score (nSPS) is 27.0.